The predicted octanol–water partition coefficient (Wildman–Crippen LogP) is 4.71. The number of hydrogen-bond acceptors (Lipinski definition) is 2. The van der Waals surface area contributed by atoms with Crippen molar-refractivity contribution in [2.24, 2.45) is 0 Å². The third kappa shape index (κ3) is 3.82. The minimum absolute atomic E-state index is 0.660. The first-order valence-corrected chi connectivity index (χ1v) is 7.19. The summed E-state index contributed by atoms with van der Waals surface area (Å²) in [7, 11) is 0. The Morgan fingerprint density at radius 1 is 1.29 bits per heavy atom. The van der Waals surface area contributed by atoms with Crippen molar-refractivity contribution in [2.45, 2.75) is 6.54 Å². The van der Waals surface area contributed by atoms with Crippen LogP contribution in [0.4, 0.5) is 5.69 Å². The summed E-state index contributed by atoms with van der Waals surface area (Å²) in [6.45, 7) is 0.660. The normalized spacial score (nSPS) is 10.3. The Labute approximate surface area is 127 Å². The first-order valence-electron chi connectivity index (χ1n) is 4.94. The number of anilines is 1. The molecule has 1 N–H and O–H groups in total. The van der Waals surface area contributed by atoms with Crippen LogP contribution in [0.3, 0.4) is 0 Å². The highest BCUT2D eigenvalue weighted by Gasteiger charge is 2.01. The lowest BCUT2D eigenvalue weighted by Gasteiger charge is -2.08. The Bertz CT molecular complexity index is 516. The van der Waals surface area contributed by atoms with Crippen LogP contribution in [0.2, 0.25) is 5.02 Å². The van der Waals surface area contributed by atoms with Gasteiger partial charge in [0.05, 0.1) is 22.9 Å². The summed E-state index contributed by atoms with van der Waals surface area (Å²) in [5.41, 5.74) is 1.90. The fourth-order valence-corrected chi connectivity index (χ4v) is 2.49. The van der Waals surface area contributed by atoms with E-state index in [0.29, 0.717) is 6.54 Å². The summed E-state index contributed by atoms with van der Waals surface area (Å²) in [4.78, 5) is 4.29. The Morgan fingerprint density at radius 2 is 2.12 bits per heavy atom. The van der Waals surface area contributed by atoms with E-state index in [2.05, 4.69) is 48.8 Å². The Kier molecular flexibility index (Phi) is 4.64. The van der Waals surface area contributed by atoms with Crippen molar-refractivity contribution >= 4 is 55.8 Å². The molecule has 0 unspecified atom stereocenters. The molecule has 17 heavy (non-hydrogen) atoms. The number of hydrogen-bond donors (Lipinski definition) is 1. The van der Waals surface area contributed by atoms with Crippen LogP contribution in [0.5, 0.6) is 0 Å². The molecule has 0 saturated heterocycles. The number of benzene rings is 1. The highest BCUT2D eigenvalue weighted by Crippen LogP contribution is 2.24. The second kappa shape index (κ2) is 6.02. The van der Waals surface area contributed by atoms with Crippen LogP contribution >= 0.6 is 50.1 Å². The van der Waals surface area contributed by atoms with Gasteiger partial charge in [-0.05, 0) is 68.9 Å². The highest BCUT2D eigenvalue weighted by molar-refractivity contribution is 14.1. The van der Waals surface area contributed by atoms with E-state index in [1.807, 2.05) is 30.3 Å². The molecule has 88 valence electrons. The zero-order valence-corrected chi connectivity index (χ0v) is 13.3. The van der Waals surface area contributed by atoms with Crippen LogP contribution in [-0.2, 0) is 6.54 Å². The van der Waals surface area contributed by atoms with E-state index in [0.717, 1.165) is 24.4 Å². The van der Waals surface area contributed by atoms with Gasteiger partial charge in [-0.15, -0.1) is 0 Å². The maximum Gasteiger partial charge on any atom is 0.0648 e. The maximum absolute atomic E-state index is 6.13. The monoisotopic (exact) mass is 422 g/mol. The molecule has 2 nitrogen and oxygen atoms in total. The van der Waals surface area contributed by atoms with E-state index >= 15 is 0 Å². The summed E-state index contributed by atoms with van der Waals surface area (Å²) >= 11 is 11.7. The van der Waals surface area contributed by atoms with E-state index in [-0.39, 0.29) is 0 Å². The molecular formula is C12H9BrClIN2. The molecule has 0 bridgehead atoms. The first-order chi connectivity index (χ1) is 8.15. The Hall–Kier alpha value is -0.330. The third-order valence-corrected chi connectivity index (χ3v) is 3.63. The van der Waals surface area contributed by atoms with Crippen molar-refractivity contribution in [3.63, 3.8) is 0 Å². The second-order valence-corrected chi connectivity index (χ2v) is 6.01. The molecule has 0 aliphatic carbocycles. The molecule has 2 rings (SSSR count). The molecule has 0 saturated carbocycles. The van der Waals surface area contributed by atoms with E-state index in [4.69, 9.17) is 11.6 Å². The molecule has 0 aliphatic rings. The summed E-state index contributed by atoms with van der Waals surface area (Å²) in [5.74, 6) is 0. The van der Waals surface area contributed by atoms with E-state index < -0.39 is 0 Å². The molecule has 1 heterocycles. The fraction of sp³-hybridized carbons (Fsp3) is 0.0833. The largest absolute Gasteiger partial charge is 0.378 e. The average molecular weight is 423 g/mol. The molecule has 5 heteroatoms. The molecule has 0 radical (unpaired) electrons. The van der Waals surface area contributed by atoms with Gasteiger partial charge in [0.2, 0.25) is 0 Å². The minimum Gasteiger partial charge on any atom is -0.378 e. The zero-order chi connectivity index (χ0) is 12.3. The standard InChI is InChI=1S/C12H9BrClIN2/c13-8-1-3-10(16-6-8)7-17-12-4-2-9(15)5-11(12)14/h1-6,17H,7H2. The molecular weight excluding hydrogens is 414 g/mol. The molecule has 1 aromatic carbocycles. The van der Waals surface area contributed by atoms with Crippen molar-refractivity contribution in [3.8, 4) is 0 Å². The Morgan fingerprint density at radius 3 is 2.76 bits per heavy atom. The predicted molar refractivity (Wildman–Crippen MR) is 83.4 cm³/mol. The zero-order valence-electron chi connectivity index (χ0n) is 8.75. The third-order valence-electron chi connectivity index (χ3n) is 2.18. The van der Waals surface area contributed by atoms with Gasteiger partial charge < -0.3 is 5.32 Å². The van der Waals surface area contributed by atoms with Gasteiger partial charge in [0.25, 0.3) is 0 Å². The number of aromatic nitrogens is 1. The number of rotatable bonds is 3. The van der Waals surface area contributed by atoms with E-state index in [1.54, 1.807) is 6.20 Å². The molecule has 2 aromatic rings. The summed E-state index contributed by atoms with van der Waals surface area (Å²) in [6, 6.07) is 9.86. The van der Waals surface area contributed by atoms with Gasteiger partial charge in [-0.1, -0.05) is 11.6 Å². The topological polar surface area (TPSA) is 24.9 Å². The van der Waals surface area contributed by atoms with Crippen LogP contribution < -0.4 is 5.32 Å². The lowest BCUT2D eigenvalue weighted by Crippen LogP contribution is -2.01. The van der Waals surface area contributed by atoms with Crippen LogP contribution in [0.15, 0.2) is 41.0 Å². The highest BCUT2D eigenvalue weighted by atomic mass is 127. The first kappa shape index (κ1) is 13.1. The van der Waals surface area contributed by atoms with Gasteiger partial charge in [0.1, 0.15) is 0 Å². The molecule has 0 atom stereocenters. The number of nitrogens with one attached hydrogen (secondary N) is 1. The number of nitrogens with zero attached hydrogens (tertiary/aromatic N) is 1. The van der Waals surface area contributed by atoms with Crippen LogP contribution in [0.1, 0.15) is 5.69 Å². The maximum atomic E-state index is 6.13. The summed E-state index contributed by atoms with van der Waals surface area (Å²) < 4.78 is 2.11. The second-order valence-electron chi connectivity index (χ2n) is 3.45. The van der Waals surface area contributed by atoms with Gasteiger partial charge in [-0.2, -0.15) is 0 Å². The number of pyridine rings is 1. The lowest BCUT2D eigenvalue weighted by molar-refractivity contribution is 1.04. The Balaban J connectivity index is 2.04. The van der Waals surface area contributed by atoms with Gasteiger partial charge in [0, 0.05) is 14.2 Å². The van der Waals surface area contributed by atoms with Crippen LogP contribution in [0.25, 0.3) is 0 Å². The van der Waals surface area contributed by atoms with Gasteiger partial charge in [-0.3, -0.25) is 4.98 Å². The van der Waals surface area contributed by atoms with Crippen molar-refractivity contribution in [3.05, 3.63) is 55.3 Å². The van der Waals surface area contributed by atoms with Crippen LogP contribution in [-0.4, -0.2) is 4.98 Å². The van der Waals surface area contributed by atoms with Crippen molar-refractivity contribution < 1.29 is 0 Å². The van der Waals surface area contributed by atoms with Gasteiger partial charge >= 0.3 is 0 Å². The van der Waals surface area contributed by atoms with Crippen molar-refractivity contribution in [1.82, 2.24) is 4.98 Å². The van der Waals surface area contributed by atoms with Crippen LogP contribution in [0, 0.1) is 3.57 Å². The van der Waals surface area contributed by atoms with Gasteiger partial charge in [0.15, 0.2) is 0 Å². The van der Waals surface area contributed by atoms with E-state index in [9.17, 15) is 0 Å². The van der Waals surface area contributed by atoms with Gasteiger partial charge in [-0.25, -0.2) is 0 Å². The lowest BCUT2D eigenvalue weighted by atomic mass is 10.3. The van der Waals surface area contributed by atoms with Crippen molar-refractivity contribution in [2.75, 3.05) is 5.32 Å². The molecule has 0 amide bonds. The minimum atomic E-state index is 0.660. The van der Waals surface area contributed by atoms with Crippen molar-refractivity contribution in [1.29, 1.82) is 0 Å². The summed E-state index contributed by atoms with van der Waals surface area (Å²) in [5, 5.41) is 3.99. The molecule has 0 aliphatic heterocycles. The SMILES string of the molecule is Clc1cc(I)ccc1NCc1ccc(Br)cn1. The average Bonchev–Trinajstić information content (AvgIpc) is 2.30. The quantitative estimate of drug-likeness (QED) is 0.723. The summed E-state index contributed by atoms with van der Waals surface area (Å²) in [6.07, 6.45) is 1.78. The molecule has 0 fully saturated rings. The number of halogens is 3. The fourth-order valence-electron chi connectivity index (χ4n) is 1.33. The molecule has 1 aromatic heterocycles. The smallest absolute Gasteiger partial charge is 0.0648 e. The van der Waals surface area contributed by atoms with E-state index in [1.165, 1.54) is 0 Å². The molecule has 0 spiro atoms.